The molecule has 17 heavy (non-hydrogen) atoms. The molecule has 0 aliphatic heterocycles. The molecule has 0 saturated heterocycles. The Morgan fingerprint density at radius 3 is 3.06 bits per heavy atom. The summed E-state index contributed by atoms with van der Waals surface area (Å²) in [6.45, 7) is 0.416. The van der Waals surface area contributed by atoms with Crippen LogP contribution in [-0.4, -0.2) is 28.0 Å². The van der Waals surface area contributed by atoms with E-state index in [-0.39, 0.29) is 11.9 Å². The monoisotopic (exact) mass is 235 g/mol. The number of nitrogens with one attached hydrogen (secondary N) is 1. The third kappa shape index (κ3) is 2.18. The van der Waals surface area contributed by atoms with Crippen LogP contribution in [0.25, 0.3) is 0 Å². The van der Waals surface area contributed by atoms with E-state index in [1.807, 2.05) is 0 Å². The highest BCUT2D eigenvalue weighted by Crippen LogP contribution is 2.48. The predicted octanol–water partition coefficient (Wildman–Crippen LogP) is 1.33. The molecule has 2 saturated carbocycles. The lowest BCUT2D eigenvalue weighted by Crippen LogP contribution is -2.24. The second-order valence-corrected chi connectivity index (χ2v) is 5.16. The van der Waals surface area contributed by atoms with Crippen LogP contribution >= 0.6 is 0 Å². The van der Waals surface area contributed by atoms with Gasteiger partial charge in [-0.05, 0) is 31.1 Å². The first-order valence-corrected chi connectivity index (χ1v) is 6.34. The molecule has 2 fully saturated rings. The first-order chi connectivity index (χ1) is 8.33. The summed E-state index contributed by atoms with van der Waals surface area (Å²) in [5.74, 6) is 1.55. The van der Waals surface area contributed by atoms with Crippen molar-refractivity contribution in [1.29, 1.82) is 0 Å². The van der Waals surface area contributed by atoms with Crippen molar-refractivity contribution in [3.05, 3.63) is 11.9 Å². The molecule has 0 radical (unpaired) electrons. The molecule has 2 bridgehead atoms. The van der Waals surface area contributed by atoms with Gasteiger partial charge in [-0.2, -0.15) is 15.4 Å². The molecule has 3 rings (SSSR count). The Hall–Kier alpha value is -1.39. The number of H-pyrrole nitrogens is 1. The fourth-order valence-corrected chi connectivity index (χ4v) is 3.24. The molecule has 1 aromatic rings. The Morgan fingerprint density at radius 1 is 1.47 bits per heavy atom. The van der Waals surface area contributed by atoms with E-state index < -0.39 is 0 Å². The van der Waals surface area contributed by atoms with E-state index in [2.05, 4.69) is 15.4 Å². The zero-order valence-corrected chi connectivity index (χ0v) is 9.76. The zero-order chi connectivity index (χ0) is 11.7. The van der Waals surface area contributed by atoms with Gasteiger partial charge in [-0.15, -0.1) is 0 Å². The van der Waals surface area contributed by atoms with Crippen molar-refractivity contribution in [2.75, 3.05) is 6.61 Å². The minimum absolute atomic E-state index is 0.000643. The molecule has 3 unspecified atom stereocenters. The molecule has 92 valence electrons. The molecule has 2 aliphatic rings. The number of carbonyl (C=O) groups excluding carboxylic acids is 1. The Labute approximate surface area is 99.9 Å². The van der Waals surface area contributed by atoms with Crippen molar-refractivity contribution < 1.29 is 9.53 Å². The summed E-state index contributed by atoms with van der Waals surface area (Å²) in [6.07, 6.45) is 7.12. The fraction of sp³-hybridized carbons (Fsp3) is 0.750. The Morgan fingerprint density at radius 2 is 2.41 bits per heavy atom. The van der Waals surface area contributed by atoms with E-state index in [1.165, 1.54) is 19.3 Å². The molecule has 0 aromatic carbocycles. The number of esters is 1. The van der Waals surface area contributed by atoms with Crippen molar-refractivity contribution in [3.8, 4) is 0 Å². The minimum atomic E-state index is 0.000643. The van der Waals surface area contributed by atoms with Crippen molar-refractivity contribution in [2.45, 2.75) is 32.1 Å². The maximum absolute atomic E-state index is 11.9. The normalized spacial score (nSPS) is 30.7. The van der Waals surface area contributed by atoms with Gasteiger partial charge in [-0.3, -0.25) is 4.79 Å². The van der Waals surface area contributed by atoms with Gasteiger partial charge in [-0.1, -0.05) is 6.42 Å². The number of ether oxygens (including phenoxy) is 1. The van der Waals surface area contributed by atoms with E-state index >= 15 is 0 Å². The number of carbonyl (C=O) groups is 1. The van der Waals surface area contributed by atoms with Crippen LogP contribution < -0.4 is 0 Å². The third-order valence-corrected chi connectivity index (χ3v) is 4.11. The second kappa shape index (κ2) is 4.47. The molecular weight excluding hydrogens is 218 g/mol. The highest BCUT2D eigenvalue weighted by atomic mass is 16.5. The number of hydrogen-bond acceptors (Lipinski definition) is 4. The Balaban J connectivity index is 1.45. The average molecular weight is 235 g/mol. The van der Waals surface area contributed by atoms with Gasteiger partial charge in [0.2, 0.25) is 0 Å². The highest BCUT2D eigenvalue weighted by Gasteiger charge is 2.43. The van der Waals surface area contributed by atoms with Gasteiger partial charge >= 0.3 is 5.97 Å². The largest absolute Gasteiger partial charge is 0.465 e. The van der Waals surface area contributed by atoms with Gasteiger partial charge in [0.1, 0.15) is 0 Å². The van der Waals surface area contributed by atoms with Crippen LogP contribution in [-0.2, 0) is 16.0 Å². The molecule has 5 nitrogen and oxygen atoms in total. The van der Waals surface area contributed by atoms with Crippen LogP contribution in [0.3, 0.4) is 0 Å². The van der Waals surface area contributed by atoms with Crippen LogP contribution in [0.2, 0.25) is 0 Å². The molecule has 3 atom stereocenters. The molecule has 5 heteroatoms. The van der Waals surface area contributed by atoms with Crippen LogP contribution in [0, 0.1) is 17.8 Å². The molecule has 0 amide bonds. The molecule has 1 aromatic heterocycles. The Bertz CT molecular complexity index is 390. The van der Waals surface area contributed by atoms with Crippen molar-refractivity contribution in [1.82, 2.24) is 15.4 Å². The van der Waals surface area contributed by atoms with Gasteiger partial charge in [-0.25, -0.2) is 0 Å². The molecule has 2 aliphatic carbocycles. The lowest BCUT2D eigenvalue weighted by molar-refractivity contribution is -0.150. The van der Waals surface area contributed by atoms with Gasteiger partial charge in [0.15, 0.2) is 0 Å². The summed E-state index contributed by atoms with van der Waals surface area (Å²) in [5.41, 5.74) is 0.839. The van der Waals surface area contributed by atoms with Gasteiger partial charge in [0.05, 0.1) is 24.4 Å². The summed E-state index contributed by atoms with van der Waals surface area (Å²) in [5, 5.41) is 10.2. The van der Waals surface area contributed by atoms with E-state index in [1.54, 1.807) is 6.20 Å². The first-order valence-electron chi connectivity index (χ1n) is 6.34. The number of hydrogen-bond donors (Lipinski definition) is 1. The SMILES string of the molecule is O=C(OCCc1cn[nH]n1)C1CC2CCC1C2. The first kappa shape index (κ1) is 10.7. The van der Waals surface area contributed by atoms with Crippen molar-refractivity contribution in [2.24, 2.45) is 17.8 Å². The summed E-state index contributed by atoms with van der Waals surface area (Å²) in [4.78, 5) is 11.9. The number of aromatic nitrogens is 3. The van der Waals surface area contributed by atoms with Crippen LogP contribution in [0.5, 0.6) is 0 Å². The highest BCUT2D eigenvalue weighted by molar-refractivity contribution is 5.73. The third-order valence-electron chi connectivity index (χ3n) is 4.11. The van der Waals surface area contributed by atoms with Crippen molar-refractivity contribution in [3.63, 3.8) is 0 Å². The molecule has 1 heterocycles. The smallest absolute Gasteiger partial charge is 0.309 e. The number of fused-ring (bicyclic) bond motifs is 2. The summed E-state index contributed by atoms with van der Waals surface area (Å²) in [6, 6.07) is 0. The van der Waals surface area contributed by atoms with Crippen molar-refractivity contribution >= 4 is 5.97 Å². The quantitative estimate of drug-likeness (QED) is 0.799. The summed E-state index contributed by atoms with van der Waals surface area (Å²) >= 11 is 0. The number of rotatable bonds is 4. The van der Waals surface area contributed by atoms with Gasteiger partial charge < -0.3 is 4.74 Å². The standard InChI is InChI=1S/C12H17N3O2/c16-12(11-6-8-1-2-9(11)5-8)17-4-3-10-7-13-15-14-10/h7-9,11H,1-6H2,(H,13,14,15). The summed E-state index contributed by atoms with van der Waals surface area (Å²) in [7, 11) is 0. The average Bonchev–Trinajstić information content (AvgIpc) is 3.05. The van der Waals surface area contributed by atoms with Crippen LogP contribution in [0.1, 0.15) is 31.4 Å². The molecule has 1 N–H and O–H groups in total. The van der Waals surface area contributed by atoms with Crippen LogP contribution in [0.15, 0.2) is 6.20 Å². The molecule has 0 spiro atoms. The second-order valence-electron chi connectivity index (χ2n) is 5.16. The topological polar surface area (TPSA) is 67.9 Å². The van der Waals surface area contributed by atoms with E-state index in [4.69, 9.17) is 4.74 Å². The fourth-order valence-electron chi connectivity index (χ4n) is 3.24. The number of nitrogens with zero attached hydrogens (tertiary/aromatic N) is 2. The van der Waals surface area contributed by atoms with E-state index in [0.717, 1.165) is 18.0 Å². The van der Waals surface area contributed by atoms with Gasteiger partial charge in [0, 0.05) is 6.42 Å². The van der Waals surface area contributed by atoms with Gasteiger partial charge in [0.25, 0.3) is 0 Å². The van der Waals surface area contributed by atoms with Crippen LogP contribution in [0.4, 0.5) is 0 Å². The predicted molar refractivity (Wildman–Crippen MR) is 60.0 cm³/mol. The van der Waals surface area contributed by atoms with E-state index in [0.29, 0.717) is 18.9 Å². The lowest BCUT2D eigenvalue weighted by atomic mass is 9.89. The molecular formula is C12H17N3O2. The number of aromatic amines is 1. The Kier molecular flexibility index (Phi) is 2.82. The maximum atomic E-state index is 11.9. The van der Waals surface area contributed by atoms with E-state index in [9.17, 15) is 4.79 Å². The minimum Gasteiger partial charge on any atom is -0.465 e. The lowest BCUT2D eigenvalue weighted by Gasteiger charge is -2.19. The zero-order valence-electron chi connectivity index (χ0n) is 9.76. The summed E-state index contributed by atoms with van der Waals surface area (Å²) < 4.78 is 5.33. The maximum Gasteiger partial charge on any atom is 0.309 e.